The highest BCUT2D eigenvalue weighted by molar-refractivity contribution is 7.89. The van der Waals surface area contributed by atoms with Gasteiger partial charge in [0.15, 0.2) is 5.78 Å². The third kappa shape index (κ3) is 3.76. The summed E-state index contributed by atoms with van der Waals surface area (Å²) in [7, 11) is -3.76. The summed E-state index contributed by atoms with van der Waals surface area (Å²) < 4.78 is 28.4. The minimum Gasteiger partial charge on any atom is -0.295 e. The zero-order valence-corrected chi connectivity index (χ0v) is 17.4. The van der Waals surface area contributed by atoms with E-state index in [1.54, 1.807) is 30.3 Å². The molecule has 5 heteroatoms. The first kappa shape index (κ1) is 20.3. The summed E-state index contributed by atoms with van der Waals surface area (Å²) in [6, 6.07) is 16.2. The first-order valence-electron chi connectivity index (χ1n) is 9.80. The fourth-order valence-electron chi connectivity index (χ4n) is 3.78. The summed E-state index contributed by atoms with van der Waals surface area (Å²) in [6.45, 7) is 5.91. The predicted octanol–water partition coefficient (Wildman–Crippen LogP) is 5.02. The smallest absolute Gasteiger partial charge is 0.264 e. The summed E-state index contributed by atoms with van der Waals surface area (Å²) in [4.78, 5) is 12.6. The van der Waals surface area contributed by atoms with E-state index in [1.165, 1.54) is 4.31 Å². The number of hydrogen-bond donors (Lipinski definition) is 0. The molecule has 2 atom stereocenters. The van der Waals surface area contributed by atoms with Crippen molar-refractivity contribution in [3.63, 3.8) is 0 Å². The van der Waals surface area contributed by atoms with Crippen molar-refractivity contribution in [2.75, 3.05) is 0 Å². The first-order chi connectivity index (χ1) is 13.4. The van der Waals surface area contributed by atoms with Crippen LogP contribution in [0.1, 0.15) is 50.3 Å². The van der Waals surface area contributed by atoms with Crippen molar-refractivity contribution in [3.05, 3.63) is 77.5 Å². The Morgan fingerprint density at radius 2 is 1.68 bits per heavy atom. The van der Waals surface area contributed by atoms with Crippen LogP contribution in [0.4, 0.5) is 0 Å². The van der Waals surface area contributed by atoms with Gasteiger partial charge in [-0.1, -0.05) is 61.9 Å². The Morgan fingerprint density at radius 1 is 1.04 bits per heavy atom. The molecular weight excluding hydrogens is 370 g/mol. The largest absolute Gasteiger partial charge is 0.295 e. The minimum absolute atomic E-state index is 0.00318. The Balaban J connectivity index is 2.10. The van der Waals surface area contributed by atoms with Crippen LogP contribution in [0.15, 0.2) is 71.3 Å². The number of sulfonamides is 1. The lowest BCUT2D eigenvalue weighted by molar-refractivity contribution is -0.114. The van der Waals surface area contributed by atoms with E-state index < -0.39 is 10.0 Å². The Labute approximate surface area is 167 Å². The molecular formula is C23H27NO3S. The SMILES string of the molecule is CCCC(=O)/C=C1\[C@H](CC)[C@@H](c2ccccc2)N1S(=O)(=O)c1ccc(C)cc1. The maximum absolute atomic E-state index is 13.5. The van der Waals surface area contributed by atoms with Gasteiger partial charge in [0.1, 0.15) is 0 Å². The van der Waals surface area contributed by atoms with E-state index in [0.29, 0.717) is 12.1 Å². The monoisotopic (exact) mass is 397 g/mol. The molecule has 0 N–H and O–H groups in total. The van der Waals surface area contributed by atoms with Crippen LogP contribution in [0.3, 0.4) is 0 Å². The van der Waals surface area contributed by atoms with E-state index in [0.717, 1.165) is 24.0 Å². The highest BCUT2D eigenvalue weighted by Crippen LogP contribution is 2.51. The van der Waals surface area contributed by atoms with Crippen molar-refractivity contribution in [2.45, 2.75) is 51.0 Å². The van der Waals surface area contributed by atoms with Crippen LogP contribution in [0.5, 0.6) is 0 Å². The highest BCUT2D eigenvalue weighted by Gasteiger charge is 2.49. The summed E-state index contributed by atoms with van der Waals surface area (Å²) >= 11 is 0. The zero-order chi connectivity index (χ0) is 20.3. The summed E-state index contributed by atoms with van der Waals surface area (Å²) in [5.74, 6) is -0.0185. The fourth-order valence-corrected chi connectivity index (χ4v) is 5.52. The lowest BCUT2D eigenvalue weighted by Gasteiger charge is -2.50. The first-order valence-corrected chi connectivity index (χ1v) is 11.2. The van der Waals surface area contributed by atoms with E-state index >= 15 is 0 Å². The third-order valence-electron chi connectivity index (χ3n) is 5.23. The van der Waals surface area contributed by atoms with Crippen molar-refractivity contribution >= 4 is 15.8 Å². The van der Waals surface area contributed by atoms with Gasteiger partial charge in [-0.25, -0.2) is 8.42 Å². The minimum atomic E-state index is -3.76. The lowest BCUT2D eigenvalue weighted by Crippen LogP contribution is -2.50. The lowest BCUT2D eigenvalue weighted by atomic mass is 9.80. The average molecular weight is 398 g/mol. The molecule has 1 aliphatic rings. The molecule has 148 valence electrons. The van der Waals surface area contributed by atoms with E-state index in [9.17, 15) is 13.2 Å². The number of carbonyl (C=O) groups is 1. The molecule has 2 aromatic carbocycles. The topological polar surface area (TPSA) is 54.5 Å². The average Bonchev–Trinajstić information content (AvgIpc) is 2.66. The van der Waals surface area contributed by atoms with Gasteiger partial charge in [0.05, 0.1) is 10.9 Å². The number of nitrogens with zero attached hydrogens (tertiary/aromatic N) is 1. The Morgan fingerprint density at radius 3 is 2.25 bits per heavy atom. The van der Waals surface area contributed by atoms with Gasteiger partial charge in [-0.05, 0) is 37.5 Å². The van der Waals surface area contributed by atoms with E-state index in [4.69, 9.17) is 0 Å². The van der Waals surface area contributed by atoms with Crippen LogP contribution >= 0.6 is 0 Å². The van der Waals surface area contributed by atoms with E-state index in [1.807, 2.05) is 51.1 Å². The molecule has 0 saturated carbocycles. The molecule has 0 bridgehead atoms. The molecule has 0 radical (unpaired) electrons. The van der Waals surface area contributed by atoms with Crippen molar-refractivity contribution in [1.29, 1.82) is 0 Å². The van der Waals surface area contributed by atoms with Crippen LogP contribution in [0, 0.1) is 12.8 Å². The normalized spacial score (nSPS) is 20.8. The zero-order valence-electron chi connectivity index (χ0n) is 16.6. The Kier molecular flexibility index (Phi) is 6.04. The number of rotatable bonds is 7. The Hall–Kier alpha value is -2.40. The van der Waals surface area contributed by atoms with Gasteiger partial charge >= 0.3 is 0 Å². The molecule has 2 aromatic rings. The number of hydrogen-bond acceptors (Lipinski definition) is 3. The van der Waals surface area contributed by atoms with Crippen LogP contribution in [0.25, 0.3) is 0 Å². The van der Waals surface area contributed by atoms with Crippen LogP contribution in [-0.2, 0) is 14.8 Å². The standard InChI is InChI=1S/C23H27NO3S/c1-4-9-19(25)16-22-21(5-2)23(18-10-7-6-8-11-18)24(22)28(26,27)20-14-12-17(3)13-15-20/h6-8,10-16,21,23H,4-5,9H2,1-3H3/b22-16+/t21-,23+/m0/s1. The van der Waals surface area contributed by atoms with Crippen molar-refractivity contribution in [2.24, 2.45) is 5.92 Å². The predicted molar refractivity (Wildman–Crippen MR) is 111 cm³/mol. The number of benzene rings is 2. The quantitative estimate of drug-likeness (QED) is 0.617. The van der Waals surface area contributed by atoms with Gasteiger partial charge in [0.2, 0.25) is 0 Å². The molecule has 1 aliphatic heterocycles. The summed E-state index contributed by atoms with van der Waals surface area (Å²) in [5, 5.41) is 0. The van der Waals surface area contributed by atoms with Crippen LogP contribution in [0.2, 0.25) is 0 Å². The van der Waals surface area contributed by atoms with Crippen molar-refractivity contribution in [3.8, 4) is 0 Å². The molecule has 0 spiro atoms. The molecule has 4 nitrogen and oxygen atoms in total. The molecule has 0 aromatic heterocycles. The van der Waals surface area contributed by atoms with Crippen molar-refractivity contribution < 1.29 is 13.2 Å². The van der Waals surface area contributed by atoms with Crippen LogP contribution in [-0.4, -0.2) is 18.5 Å². The second-order valence-corrected chi connectivity index (χ2v) is 9.08. The van der Waals surface area contributed by atoms with Gasteiger partial charge in [-0.15, -0.1) is 0 Å². The summed E-state index contributed by atoms with van der Waals surface area (Å²) in [6.07, 6.45) is 3.48. The van der Waals surface area contributed by atoms with Crippen LogP contribution < -0.4 is 0 Å². The number of ketones is 1. The molecule has 0 aliphatic carbocycles. The van der Waals surface area contributed by atoms with E-state index in [-0.39, 0.29) is 22.6 Å². The summed E-state index contributed by atoms with van der Waals surface area (Å²) in [5.41, 5.74) is 2.56. The molecule has 1 heterocycles. The molecule has 3 rings (SSSR count). The highest BCUT2D eigenvalue weighted by atomic mass is 32.2. The van der Waals surface area contributed by atoms with E-state index in [2.05, 4.69) is 0 Å². The number of aryl methyl sites for hydroxylation is 1. The third-order valence-corrected chi connectivity index (χ3v) is 7.06. The molecule has 28 heavy (non-hydrogen) atoms. The molecule has 1 fully saturated rings. The van der Waals surface area contributed by atoms with Gasteiger partial charge < -0.3 is 0 Å². The molecule has 1 saturated heterocycles. The van der Waals surface area contributed by atoms with Gasteiger partial charge in [0.25, 0.3) is 10.0 Å². The Bertz CT molecular complexity index is 963. The molecule has 0 amide bonds. The molecule has 0 unspecified atom stereocenters. The van der Waals surface area contributed by atoms with Gasteiger partial charge in [0, 0.05) is 24.1 Å². The number of allylic oxidation sites excluding steroid dienone is 1. The second-order valence-electron chi connectivity index (χ2n) is 7.27. The van der Waals surface area contributed by atoms with Crippen molar-refractivity contribution in [1.82, 2.24) is 4.31 Å². The number of carbonyl (C=O) groups excluding carboxylic acids is 1. The maximum atomic E-state index is 13.5. The second kappa shape index (κ2) is 8.31. The van der Waals surface area contributed by atoms with Gasteiger partial charge in [-0.2, -0.15) is 0 Å². The maximum Gasteiger partial charge on any atom is 0.264 e. The van der Waals surface area contributed by atoms with Gasteiger partial charge in [-0.3, -0.25) is 9.10 Å². The fraction of sp³-hybridized carbons (Fsp3) is 0.348.